The number of aromatic nitrogens is 2. The van der Waals surface area contributed by atoms with Crippen molar-refractivity contribution in [3.63, 3.8) is 0 Å². The van der Waals surface area contributed by atoms with Gasteiger partial charge in [0.05, 0.1) is 12.2 Å². The number of nitrogens with zero attached hydrogens (tertiary/aromatic N) is 1. The number of H-pyrrole nitrogens is 1. The molecule has 1 aromatic carbocycles. The fourth-order valence-electron chi connectivity index (χ4n) is 3.50. The smallest absolute Gasteiger partial charge is 0.270 e. The molecule has 1 atom stereocenters. The van der Waals surface area contributed by atoms with Crippen molar-refractivity contribution in [2.24, 2.45) is 0 Å². The summed E-state index contributed by atoms with van der Waals surface area (Å²) in [4.78, 5) is 25.0. The summed E-state index contributed by atoms with van der Waals surface area (Å²) in [6, 6.07) is 3.88. The van der Waals surface area contributed by atoms with Gasteiger partial charge in [-0.3, -0.25) is 19.4 Å². The number of ether oxygens (including phenoxy) is 2. The number of carbonyl (C=O) groups is 1. The van der Waals surface area contributed by atoms with Crippen LogP contribution in [0, 0.1) is 0 Å². The molecule has 7 nitrogen and oxygen atoms in total. The molecule has 0 spiro atoms. The number of fused-ring (bicyclic) bond motifs is 2. The Morgan fingerprint density at radius 2 is 2.12 bits per heavy atom. The summed E-state index contributed by atoms with van der Waals surface area (Å²) >= 11 is 3.51. The Morgan fingerprint density at radius 3 is 2.88 bits per heavy atom. The molecule has 0 fully saturated rings. The third-order valence-corrected chi connectivity index (χ3v) is 5.01. The molecule has 0 aliphatic carbocycles. The van der Waals surface area contributed by atoms with E-state index in [9.17, 15) is 9.59 Å². The molecule has 0 saturated carbocycles. The van der Waals surface area contributed by atoms with Crippen LogP contribution in [0.1, 0.15) is 48.9 Å². The van der Waals surface area contributed by atoms with Crippen molar-refractivity contribution in [1.82, 2.24) is 9.78 Å². The van der Waals surface area contributed by atoms with Crippen molar-refractivity contribution in [3.05, 3.63) is 43.6 Å². The van der Waals surface area contributed by atoms with Crippen molar-refractivity contribution in [1.29, 1.82) is 0 Å². The zero-order chi connectivity index (χ0) is 17.7. The van der Waals surface area contributed by atoms with Gasteiger partial charge in [-0.2, -0.15) is 0 Å². The highest BCUT2D eigenvalue weighted by molar-refractivity contribution is 9.10. The molecular formula is C17H18BrN3O4. The topological polar surface area (TPSA) is 85.4 Å². The van der Waals surface area contributed by atoms with Gasteiger partial charge in [-0.05, 0) is 26.0 Å². The van der Waals surface area contributed by atoms with Crippen molar-refractivity contribution in [2.75, 3.05) is 12.1 Å². The number of anilines is 1. The highest BCUT2D eigenvalue weighted by Crippen LogP contribution is 2.43. The zero-order valence-corrected chi connectivity index (χ0v) is 15.5. The minimum Gasteiger partial charge on any atom is -0.467 e. The molecule has 0 saturated heterocycles. The van der Waals surface area contributed by atoms with E-state index in [1.54, 1.807) is 4.68 Å². The van der Waals surface area contributed by atoms with Gasteiger partial charge < -0.3 is 14.8 Å². The number of halogens is 1. The summed E-state index contributed by atoms with van der Waals surface area (Å²) in [5, 5.41) is 5.68. The van der Waals surface area contributed by atoms with Gasteiger partial charge in [-0.1, -0.05) is 15.9 Å². The zero-order valence-electron chi connectivity index (χ0n) is 13.9. The number of hydrogen-bond donors (Lipinski definition) is 2. The number of aromatic amines is 1. The minimum atomic E-state index is -0.364. The molecule has 4 rings (SSSR count). The quantitative estimate of drug-likeness (QED) is 0.801. The number of hydrogen-bond acceptors (Lipinski definition) is 4. The average molecular weight is 408 g/mol. The molecule has 2 aliphatic heterocycles. The van der Waals surface area contributed by atoms with E-state index in [-0.39, 0.29) is 36.6 Å². The summed E-state index contributed by atoms with van der Waals surface area (Å²) in [6.07, 6.45) is 0.200. The Labute approximate surface area is 152 Å². The Balaban J connectivity index is 1.93. The van der Waals surface area contributed by atoms with E-state index in [0.29, 0.717) is 23.7 Å². The summed E-state index contributed by atoms with van der Waals surface area (Å²) in [5.41, 5.74) is 2.12. The molecule has 8 heteroatoms. The van der Waals surface area contributed by atoms with E-state index < -0.39 is 0 Å². The standard InChI is InChI=1S/C17H18BrN3O4/c1-8(2)21-16-14(17(23)20-21)11(5-13(22)19-16)12-4-10(18)3-9-6-24-7-25-15(9)12/h3-4,8,11H,5-7H2,1-2H3,(H,19,22)(H,20,23). The van der Waals surface area contributed by atoms with Gasteiger partial charge in [0.1, 0.15) is 11.6 Å². The van der Waals surface area contributed by atoms with Crippen LogP contribution in [0.15, 0.2) is 21.4 Å². The van der Waals surface area contributed by atoms with Gasteiger partial charge in [-0.25, -0.2) is 0 Å². The molecule has 2 aliphatic rings. The number of rotatable bonds is 2. The maximum absolute atomic E-state index is 12.6. The van der Waals surface area contributed by atoms with Crippen LogP contribution in [-0.4, -0.2) is 22.5 Å². The minimum absolute atomic E-state index is 0.0246. The second-order valence-corrected chi connectivity index (χ2v) is 7.48. The predicted molar refractivity (Wildman–Crippen MR) is 95.0 cm³/mol. The van der Waals surface area contributed by atoms with Gasteiger partial charge >= 0.3 is 0 Å². The molecule has 0 radical (unpaired) electrons. The van der Waals surface area contributed by atoms with Crippen LogP contribution in [0.2, 0.25) is 0 Å². The van der Waals surface area contributed by atoms with E-state index in [0.717, 1.165) is 15.6 Å². The van der Waals surface area contributed by atoms with Crippen LogP contribution >= 0.6 is 15.9 Å². The first-order chi connectivity index (χ1) is 12.0. The fraction of sp³-hybridized carbons (Fsp3) is 0.412. The first-order valence-corrected chi connectivity index (χ1v) is 8.92. The molecule has 2 N–H and O–H groups in total. The van der Waals surface area contributed by atoms with Crippen molar-refractivity contribution in [2.45, 2.75) is 38.8 Å². The van der Waals surface area contributed by atoms with Crippen LogP contribution in [0.5, 0.6) is 5.75 Å². The molecule has 0 bridgehead atoms. The van der Waals surface area contributed by atoms with Crippen LogP contribution in [0.4, 0.5) is 5.82 Å². The fourth-order valence-corrected chi connectivity index (χ4v) is 4.03. The van der Waals surface area contributed by atoms with Crippen molar-refractivity contribution >= 4 is 27.7 Å². The van der Waals surface area contributed by atoms with Crippen molar-refractivity contribution < 1.29 is 14.3 Å². The summed E-state index contributed by atoms with van der Waals surface area (Å²) in [5.74, 6) is 0.766. The third-order valence-electron chi connectivity index (χ3n) is 4.55. The molecule has 25 heavy (non-hydrogen) atoms. The monoisotopic (exact) mass is 407 g/mol. The van der Waals surface area contributed by atoms with Crippen LogP contribution in [-0.2, 0) is 16.1 Å². The predicted octanol–water partition coefficient (Wildman–Crippen LogP) is 2.86. The van der Waals surface area contributed by atoms with Gasteiger partial charge in [0.2, 0.25) is 5.91 Å². The van der Waals surface area contributed by atoms with E-state index in [1.165, 1.54) is 0 Å². The maximum Gasteiger partial charge on any atom is 0.270 e. The molecule has 3 heterocycles. The number of amides is 1. The Morgan fingerprint density at radius 1 is 1.32 bits per heavy atom. The lowest BCUT2D eigenvalue weighted by molar-refractivity contribution is -0.116. The van der Waals surface area contributed by atoms with Gasteiger partial charge in [0.15, 0.2) is 6.79 Å². The number of benzene rings is 1. The Hall–Kier alpha value is -2.06. The summed E-state index contributed by atoms with van der Waals surface area (Å²) in [7, 11) is 0. The van der Waals surface area contributed by atoms with Crippen LogP contribution in [0.3, 0.4) is 0 Å². The second-order valence-electron chi connectivity index (χ2n) is 6.57. The SMILES string of the molecule is CC(C)n1[nH]c(=O)c2c1NC(=O)CC2c1cc(Br)cc2c1OCOC2. The summed E-state index contributed by atoms with van der Waals surface area (Å²) < 4.78 is 13.6. The normalized spacial score (nSPS) is 19.2. The first kappa shape index (κ1) is 16.4. The molecule has 1 aromatic heterocycles. The van der Waals surface area contributed by atoms with Crippen molar-refractivity contribution in [3.8, 4) is 5.75 Å². The molecule has 1 amide bonds. The number of carbonyl (C=O) groups excluding carboxylic acids is 1. The van der Waals surface area contributed by atoms with Crippen LogP contribution < -0.4 is 15.6 Å². The van der Waals surface area contributed by atoms with Crippen LogP contribution in [0.25, 0.3) is 0 Å². The maximum atomic E-state index is 12.6. The first-order valence-electron chi connectivity index (χ1n) is 8.12. The molecular weight excluding hydrogens is 390 g/mol. The molecule has 132 valence electrons. The van der Waals surface area contributed by atoms with E-state index >= 15 is 0 Å². The lowest BCUT2D eigenvalue weighted by Crippen LogP contribution is -2.28. The lowest BCUT2D eigenvalue weighted by Gasteiger charge is -2.28. The second kappa shape index (κ2) is 6.03. The van der Waals surface area contributed by atoms with E-state index in [2.05, 4.69) is 26.3 Å². The highest BCUT2D eigenvalue weighted by atomic mass is 79.9. The van der Waals surface area contributed by atoms with Gasteiger partial charge in [0.25, 0.3) is 5.56 Å². The van der Waals surface area contributed by atoms with Gasteiger partial charge in [0, 0.05) is 34.0 Å². The Kier molecular flexibility index (Phi) is 3.96. The molecule has 1 unspecified atom stereocenters. The van der Waals surface area contributed by atoms with E-state index in [1.807, 2.05) is 26.0 Å². The van der Waals surface area contributed by atoms with Gasteiger partial charge in [-0.15, -0.1) is 0 Å². The largest absolute Gasteiger partial charge is 0.467 e. The van der Waals surface area contributed by atoms with E-state index in [4.69, 9.17) is 9.47 Å². The highest BCUT2D eigenvalue weighted by Gasteiger charge is 2.35. The average Bonchev–Trinajstić information content (AvgIpc) is 2.90. The lowest BCUT2D eigenvalue weighted by atomic mass is 9.85. The third kappa shape index (κ3) is 2.69. The molecule has 2 aromatic rings. The summed E-state index contributed by atoms with van der Waals surface area (Å²) in [6.45, 7) is 4.51. The Bertz CT molecular complexity index is 915. The number of nitrogens with one attached hydrogen (secondary N) is 2.